The third kappa shape index (κ3) is 3.07. The number of amides is 1. The highest BCUT2D eigenvalue weighted by Crippen LogP contribution is 2.35. The number of rotatable bonds is 5. The number of halogens is 2. The number of carbonyl (C=O) groups is 2. The van der Waals surface area contributed by atoms with Gasteiger partial charge in [-0.05, 0) is 48.9 Å². The van der Waals surface area contributed by atoms with Crippen molar-refractivity contribution in [3.05, 3.63) is 71.3 Å². The Morgan fingerprint density at radius 1 is 1.00 bits per heavy atom. The summed E-state index contributed by atoms with van der Waals surface area (Å²) < 4.78 is 25.9. The number of hydrogen-bond acceptors (Lipinski definition) is 2. The van der Waals surface area contributed by atoms with Crippen molar-refractivity contribution >= 4 is 11.7 Å². The molecule has 0 saturated carbocycles. The van der Waals surface area contributed by atoms with Crippen molar-refractivity contribution in [2.45, 2.75) is 25.3 Å². The summed E-state index contributed by atoms with van der Waals surface area (Å²) >= 11 is 0. The lowest BCUT2D eigenvalue weighted by Gasteiger charge is -2.45. The monoisotopic (exact) mass is 329 g/mol. The van der Waals surface area contributed by atoms with Gasteiger partial charge >= 0.3 is 0 Å². The maximum absolute atomic E-state index is 13.0. The van der Waals surface area contributed by atoms with Gasteiger partial charge in [0.2, 0.25) is 5.91 Å². The maximum Gasteiger partial charge on any atom is 0.232 e. The molecule has 24 heavy (non-hydrogen) atoms. The van der Waals surface area contributed by atoms with E-state index in [9.17, 15) is 18.4 Å². The van der Waals surface area contributed by atoms with E-state index in [1.165, 1.54) is 36.4 Å². The quantitative estimate of drug-likeness (QED) is 0.621. The van der Waals surface area contributed by atoms with Crippen LogP contribution in [-0.2, 0) is 4.79 Å². The molecule has 1 aliphatic rings. The van der Waals surface area contributed by atoms with Crippen LogP contribution >= 0.6 is 0 Å². The van der Waals surface area contributed by atoms with Crippen molar-refractivity contribution in [1.29, 1.82) is 0 Å². The molecule has 3 nitrogen and oxygen atoms in total. The number of carbonyl (C=O) groups excluding carboxylic acids is 2. The Labute approximate surface area is 138 Å². The van der Waals surface area contributed by atoms with Crippen LogP contribution in [0.5, 0.6) is 0 Å². The molecular formula is C19H17F2NO2. The summed E-state index contributed by atoms with van der Waals surface area (Å²) in [6, 6.07) is 11.3. The zero-order chi connectivity index (χ0) is 17.3. The van der Waals surface area contributed by atoms with E-state index in [2.05, 4.69) is 0 Å². The van der Waals surface area contributed by atoms with Crippen LogP contribution in [0.4, 0.5) is 8.78 Å². The first-order valence-electron chi connectivity index (χ1n) is 7.82. The van der Waals surface area contributed by atoms with Crippen LogP contribution in [0.25, 0.3) is 0 Å². The van der Waals surface area contributed by atoms with Gasteiger partial charge in [-0.3, -0.25) is 9.59 Å². The number of Topliss-reactive ketones (excluding diaryl/α,β-unsaturated/α-hetero) is 1. The fourth-order valence-corrected chi connectivity index (χ4v) is 3.09. The summed E-state index contributed by atoms with van der Waals surface area (Å²) in [5, 5.41) is 0. The average Bonchev–Trinajstić information content (AvgIpc) is 2.57. The summed E-state index contributed by atoms with van der Waals surface area (Å²) in [6.45, 7) is 2.24. The molecule has 3 rings (SSSR count). The van der Waals surface area contributed by atoms with Crippen molar-refractivity contribution in [2.75, 3.05) is 6.54 Å². The molecule has 5 heteroatoms. The minimum atomic E-state index is -0.389. The van der Waals surface area contributed by atoms with Gasteiger partial charge in [0.25, 0.3) is 0 Å². The van der Waals surface area contributed by atoms with Crippen LogP contribution in [0.2, 0.25) is 0 Å². The first kappa shape index (κ1) is 16.3. The van der Waals surface area contributed by atoms with E-state index in [1.807, 2.05) is 6.92 Å². The molecule has 1 fully saturated rings. The summed E-state index contributed by atoms with van der Waals surface area (Å²) in [5.74, 6) is -1.19. The van der Waals surface area contributed by atoms with Gasteiger partial charge in [-0.1, -0.05) is 12.1 Å². The van der Waals surface area contributed by atoms with Crippen LogP contribution in [-0.4, -0.2) is 29.2 Å². The van der Waals surface area contributed by atoms with Crippen LogP contribution in [0.3, 0.4) is 0 Å². The summed E-state index contributed by atoms with van der Waals surface area (Å²) in [6.07, 6.45) is 0.192. The van der Waals surface area contributed by atoms with Crippen molar-refractivity contribution < 1.29 is 18.4 Å². The molecule has 1 saturated heterocycles. The number of likely N-dealkylation sites (tertiary alicyclic amines) is 1. The average molecular weight is 329 g/mol. The molecule has 1 aliphatic heterocycles. The number of benzene rings is 2. The Kier molecular flexibility index (Phi) is 4.42. The highest BCUT2D eigenvalue weighted by molar-refractivity contribution is 5.97. The van der Waals surface area contributed by atoms with Crippen LogP contribution in [0, 0.1) is 11.6 Å². The van der Waals surface area contributed by atoms with Crippen molar-refractivity contribution in [3.8, 4) is 0 Å². The fourth-order valence-electron chi connectivity index (χ4n) is 3.09. The van der Waals surface area contributed by atoms with Gasteiger partial charge in [-0.2, -0.15) is 0 Å². The third-order valence-corrected chi connectivity index (χ3v) is 4.50. The van der Waals surface area contributed by atoms with Crippen molar-refractivity contribution in [1.82, 2.24) is 4.90 Å². The Morgan fingerprint density at radius 3 is 2.08 bits per heavy atom. The van der Waals surface area contributed by atoms with E-state index in [0.29, 0.717) is 12.1 Å². The van der Waals surface area contributed by atoms with Gasteiger partial charge in [0.15, 0.2) is 5.78 Å². The molecule has 0 aliphatic carbocycles. The normalized spacial score (nSPS) is 20.0. The molecule has 0 bridgehead atoms. The van der Waals surface area contributed by atoms with Gasteiger partial charge in [0.1, 0.15) is 11.6 Å². The second-order valence-corrected chi connectivity index (χ2v) is 5.98. The van der Waals surface area contributed by atoms with E-state index in [1.54, 1.807) is 17.0 Å². The molecule has 124 valence electrons. The Morgan fingerprint density at radius 2 is 1.54 bits per heavy atom. The van der Waals surface area contributed by atoms with Gasteiger partial charge in [0.05, 0.1) is 5.92 Å². The maximum atomic E-state index is 13.0. The molecule has 0 radical (unpaired) electrons. The van der Waals surface area contributed by atoms with Crippen molar-refractivity contribution in [3.63, 3.8) is 0 Å². The first-order chi connectivity index (χ1) is 11.5. The van der Waals surface area contributed by atoms with E-state index in [4.69, 9.17) is 0 Å². The minimum Gasteiger partial charge on any atom is -0.338 e. The zero-order valence-electron chi connectivity index (χ0n) is 13.2. The Balaban J connectivity index is 1.59. The third-order valence-electron chi connectivity index (χ3n) is 4.50. The molecule has 1 amide bonds. The van der Waals surface area contributed by atoms with Crippen LogP contribution < -0.4 is 0 Å². The van der Waals surface area contributed by atoms with E-state index in [0.717, 1.165) is 5.56 Å². The van der Waals surface area contributed by atoms with Crippen LogP contribution in [0.1, 0.15) is 35.2 Å². The van der Waals surface area contributed by atoms with E-state index < -0.39 is 0 Å². The molecule has 2 unspecified atom stereocenters. The molecule has 2 aromatic rings. The highest BCUT2D eigenvalue weighted by atomic mass is 19.1. The second kappa shape index (κ2) is 6.51. The van der Waals surface area contributed by atoms with Crippen LogP contribution in [0.15, 0.2) is 48.5 Å². The van der Waals surface area contributed by atoms with Gasteiger partial charge in [-0.15, -0.1) is 0 Å². The lowest BCUT2D eigenvalue weighted by molar-refractivity contribution is -0.148. The Bertz CT molecular complexity index is 756. The molecule has 2 aromatic carbocycles. The molecule has 0 N–H and O–H groups in total. The topological polar surface area (TPSA) is 37.4 Å². The molecule has 0 aromatic heterocycles. The lowest BCUT2D eigenvalue weighted by atomic mass is 9.82. The van der Waals surface area contributed by atoms with Gasteiger partial charge < -0.3 is 4.90 Å². The van der Waals surface area contributed by atoms with Gasteiger partial charge in [0, 0.05) is 24.6 Å². The number of ketones is 1. The van der Waals surface area contributed by atoms with Crippen molar-refractivity contribution in [2.24, 2.45) is 0 Å². The van der Waals surface area contributed by atoms with Gasteiger partial charge in [-0.25, -0.2) is 8.78 Å². The standard InChI is InChI=1S/C19H17F2NO2/c1-12-18(14-4-8-16(21)9-5-14)19(24)22(12)11-10-17(23)13-2-6-15(20)7-3-13/h2-9,12,18H,10-11H2,1H3. The number of hydrogen-bond donors (Lipinski definition) is 0. The highest BCUT2D eigenvalue weighted by Gasteiger charge is 2.44. The van der Waals surface area contributed by atoms with E-state index >= 15 is 0 Å². The SMILES string of the molecule is CC1C(c2ccc(F)cc2)C(=O)N1CCC(=O)c1ccc(F)cc1. The Hall–Kier alpha value is -2.56. The molecule has 2 atom stereocenters. The molecule has 0 spiro atoms. The summed E-state index contributed by atoms with van der Waals surface area (Å²) in [4.78, 5) is 26.1. The van der Waals surface area contributed by atoms with E-state index in [-0.39, 0.29) is 41.7 Å². The minimum absolute atomic E-state index is 0.0380. The largest absolute Gasteiger partial charge is 0.338 e. The number of nitrogens with zero attached hydrogens (tertiary/aromatic N) is 1. The molecule has 1 heterocycles. The zero-order valence-corrected chi connectivity index (χ0v) is 13.2. The molecular weight excluding hydrogens is 312 g/mol. The lowest BCUT2D eigenvalue weighted by Crippen LogP contribution is -2.58. The smallest absolute Gasteiger partial charge is 0.232 e. The first-order valence-corrected chi connectivity index (χ1v) is 7.82. The summed E-state index contributed by atoms with van der Waals surface area (Å²) in [7, 11) is 0. The number of β-lactam (4-membered cyclic amide) rings is 1. The summed E-state index contributed by atoms with van der Waals surface area (Å²) in [5.41, 5.74) is 1.22. The fraction of sp³-hybridized carbons (Fsp3) is 0.263. The second-order valence-electron chi connectivity index (χ2n) is 5.98. The predicted octanol–water partition coefficient (Wildman–Crippen LogP) is 3.55. The predicted molar refractivity (Wildman–Crippen MR) is 85.7 cm³/mol.